The molecule has 2 aliphatic rings. The Morgan fingerprint density at radius 1 is 1.27 bits per heavy atom. The van der Waals surface area contributed by atoms with E-state index in [-0.39, 0.29) is 17.1 Å². The molecule has 2 N–H and O–H groups in total. The van der Waals surface area contributed by atoms with Gasteiger partial charge in [-0.3, -0.25) is 4.79 Å². The number of nitriles is 1. The number of carbonyl (C=O) groups is 1. The fourth-order valence-corrected chi connectivity index (χ4v) is 3.94. The molecule has 0 saturated heterocycles. The number of ketones is 1. The van der Waals surface area contributed by atoms with Crippen LogP contribution in [0.4, 0.5) is 0 Å². The average molecular weight is 352 g/mol. The molecule has 1 atom stereocenters. The number of aryl methyl sites for hydroxylation is 2. The number of hydrogen-bond acceptors (Lipinski definition) is 5. The van der Waals surface area contributed by atoms with Crippen LogP contribution in [0.2, 0.25) is 0 Å². The van der Waals surface area contributed by atoms with Gasteiger partial charge in [-0.15, -0.1) is 0 Å². The number of ether oxygens (including phenoxy) is 2. The van der Waals surface area contributed by atoms with Crippen LogP contribution in [0, 0.1) is 30.6 Å². The van der Waals surface area contributed by atoms with Crippen molar-refractivity contribution in [3.05, 3.63) is 51.6 Å². The predicted octanol–water partition coefficient (Wildman–Crippen LogP) is 3.76. The van der Waals surface area contributed by atoms with E-state index in [9.17, 15) is 10.1 Å². The molecule has 1 unspecified atom stereocenters. The standard InChI is InChI=1S/C21H24N2O3/c1-11-7-16(25-5)12(2)6-13(11)18-14(10-22)20(23)26-17-9-21(3,4)8-15(24)19(17)18/h6-7,18H,8-9,23H2,1-5H3. The molecule has 0 aromatic heterocycles. The number of carbonyl (C=O) groups excluding carboxylic acids is 1. The van der Waals surface area contributed by atoms with Gasteiger partial charge in [-0.05, 0) is 42.0 Å². The van der Waals surface area contributed by atoms with E-state index < -0.39 is 5.92 Å². The lowest BCUT2D eigenvalue weighted by Crippen LogP contribution is -2.33. The highest BCUT2D eigenvalue weighted by atomic mass is 16.5. The van der Waals surface area contributed by atoms with Gasteiger partial charge in [-0.1, -0.05) is 19.9 Å². The van der Waals surface area contributed by atoms with Gasteiger partial charge in [0, 0.05) is 18.4 Å². The number of methoxy groups -OCH3 is 1. The van der Waals surface area contributed by atoms with Crippen LogP contribution in [0.3, 0.4) is 0 Å². The van der Waals surface area contributed by atoms with Crippen LogP contribution in [-0.4, -0.2) is 12.9 Å². The van der Waals surface area contributed by atoms with Gasteiger partial charge >= 0.3 is 0 Å². The zero-order valence-electron chi connectivity index (χ0n) is 15.9. The Balaban J connectivity index is 2.24. The first-order valence-electron chi connectivity index (χ1n) is 8.67. The molecule has 1 aromatic carbocycles. The maximum Gasteiger partial charge on any atom is 0.205 e. The molecule has 1 heterocycles. The topological polar surface area (TPSA) is 85.3 Å². The van der Waals surface area contributed by atoms with Crippen molar-refractivity contribution in [2.45, 2.75) is 46.5 Å². The van der Waals surface area contributed by atoms with Crippen molar-refractivity contribution in [3.63, 3.8) is 0 Å². The summed E-state index contributed by atoms with van der Waals surface area (Å²) < 4.78 is 11.1. The van der Waals surface area contributed by atoms with E-state index in [4.69, 9.17) is 15.2 Å². The fourth-order valence-electron chi connectivity index (χ4n) is 3.94. The van der Waals surface area contributed by atoms with E-state index in [1.807, 2.05) is 39.8 Å². The minimum Gasteiger partial charge on any atom is -0.496 e. The Labute approximate surface area is 154 Å². The number of benzene rings is 1. The third kappa shape index (κ3) is 2.86. The van der Waals surface area contributed by atoms with Crippen molar-refractivity contribution in [2.24, 2.45) is 11.1 Å². The molecule has 1 aliphatic heterocycles. The highest BCUT2D eigenvalue weighted by molar-refractivity contribution is 6.00. The van der Waals surface area contributed by atoms with Crippen molar-refractivity contribution in [2.75, 3.05) is 7.11 Å². The summed E-state index contributed by atoms with van der Waals surface area (Å²) in [6, 6.07) is 6.08. The van der Waals surface area contributed by atoms with Crippen LogP contribution >= 0.6 is 0 Å². The second kappa shape index (κ2) is 6.21. The molecule has 136 valence electrons. The molecule has 1 aliphatic carbocycles. The van der Waals surface area contributed by atoms with E-state index in [2.05, 4.69) is 6.07 Å². The number of nitrogens with zero attached hydrogens (tertiary/aromatic N) is 1. The lowest BCUT2D eigenvalue weighted by atomic mass is 9.69. The minimum atomic E-state index is -0.489. The molecule has 3 rings (SSSR count). The molecule has 5 nitrogen and oxygen atoms in total. The highest BCUT2D eigenvalue weighted by Gasteiger charge is 2.43. The molecular weight excluding hydrogens is 328 g/mol. The van der Waals surface area contributed by atoms with Crippen LogP contribution < -0.4 is 10.5 Å². The first-order chi connectivity index (χ1) is 12.2. The van der Waals surface area contributed by atoms with E-state index in [0.29, 0.717) is 29.7 Å². The maximum absolute atomic E-state index is 13.0. The number of nitrogens with two attached hydrogens (primary N) is 1. The number of rotatable bonds is 2. The third-order valence-corrected chi connectivity index (χ3v) is 5.17. The Morgan fingerprint density at radius 3 is 2.58 bits per heavy atom. The van der Waals surface area contributed by atoms with E-state index in [1.165, 1.54) is 0 Å². The zero-order valence-corrected chi connectivity index (χ0v) is 15.9. The molecular formula is C21H24N2O3. The number of hydrogen-bond donors (Lipinski definition) is 1. The molecule has 1 aromatic rings. The van der Waals surface area contributed by atoms with Crippen molar-refractivity contribution < 1.29 is 14.3 Å². The Bertz CT molecular complexity index is 901. The van der Waals surface area contributed by atoms with Gasteiger partial charge < -0.3 is 15.2 Å². The third-order valence-electron chi connectivity index (χ3n) is 5.17. The van der Waals surface area contributed by atoms with Crippen molar-refractivity contribution in [1.82, 2.24) is 0 Å². The van der Waals surface area contributed by atoms with E-state index >= 15 is 0 Å². The lowest BCUT2D eigenvalue weighted by molar-refractivity contribution is -0.119. The molecule has 0 fully saturated rings. The number of Topliss-reactive ketones (excluding diaryl/α,β-unsaturated/α-hetero) is 1. The quantitative estimate of drug-likeness (QED) is 0.876. The van der Waals surface area contributed by atoms with Crippen LogP contribution in [0.25, 0.3) is 0 Å². The van der Waals surface area contributed by atoms with Gasteiger partial charge in [0.25, 0.3) is 0 Å². The minimum absolute atomic E-state index is 0.0226. The fraction of sp³-hybridized carbons (Fsp3) is 0.429. The second-order valence-electron chi connectivity index (χ2n) is 7.88. The largest absolute Gasteiger partial charge is 0.496 e. The first-order valence-corrected chi connectivity index (χ1v) is 8.67. The van der Waals surface area contributed by atoms with Gasteiger partial charge in [0.1, 0.15) is 23.2 Å². The lowest BCUT2D eigenvalue weighted by Gasteiger charge is -2.37. The molecule has 0 spiro atoms. The molecule has 0 bridgehead atoms. The van der Waals surface area contributed by atoms with Crippen molar-refractivity contribution in [3.8, 4) is 11.8 Å². The number of allylic oxidation sites excluding steroid dienone is 3. The molecule has 5 heteroatoms. The van der Waals surface area contributed by atoms with Crippen molar-refractivity contribution >= 4 is 5.78 Å². The van der Waals surface area contributed by atoms with Gasteiger partial charge in [-0.2, -0.15) is 5.26 Å². The Kier molecular flexibility index (Phi) is 4.31. The zero-order chi connectivity index (χ0) is 19.2. The maximum atomic E-state index is 13.0. The molecule has 0 amide bonds. The monoisotopic (exact) mass is 352 g/mol. The molecule has 0 saturated carbocycles. The van der Waals surface area contributed by atoms with E-state index in [0.717, 1.165) is 22.4 Å². The van der Waals surface area contributed by atoms with Gasteiger partial charge in [0.15, 0.2) is 5.78 Å². The normalized spacial score (nSPS) is 21.8. The van der Waals surface area contributed by atoms with Gasteiger partial charge in [-0.25, -0.2) is 0 Å². The summed E-state index contributed by atoms with van der Waals surface area (Å²) in [4.78, 5) is 13.0. The summed E-state index contributed by atoms with van der Waals surface area (Å²) in [7, 11) is 1.63. The first kappa shape index (κ1) is 18.1. The van der Waals surface area contributed by atoms with Crippen molar-refractivity contribution in [1.29, 1.82) is 5.26 Å². The van der Waals surface area contributed by atoms with Crippen LogP contribution in [0.1, 0.15) is 49.3 Å². The smallest absolute Gasteiger partial charge is 0.205 e. The van der Waals surface area contributed by atoms with Crippen LogP contribution in [-0.2, 0) is 9.53 Å². The van der Waals surface area contributed by atoms with E-state index in [1.54, 1.807) is 7.11 Å². The van der Waals surface area contributed by atoms with Crippen LogP contribution in [0.15, 0.2) is 34.9 Å². The van der Waals surface area contributed by atoms with Crippen LogP contribution in [0.5, 0.6) is 5.75 Å². The Hall–Kier alpha value is -2.74. The molecule has 26 heavy (non-hydrogen) atoms. The summed E-state index contributed by atoms with van der Waals surface area (Å²) in [5, 5.41) is 9.71. The summed E-state index contributed by atoms with van der Waals surface area (Å²) in [5.74, 6) is 1.00. The molecule has 0 radical (unpaired) electrons. The van der Waals surface area contributed by atoms with Gasteiger partial charge in [0.05, 0.1) is 13.0 Å². The summed E-state index contributed by atoms with van der Waals surface area (Å²) in [5.41, 5.74) is 9.54. The highest BCUT2D eigenvalue weighted by Crippen LogP contribution is 2.48. The SMILES string of the molecule is COc1cc(C)c(C2C(C#N)=C(N)OC3=C2C(=O)CC(C)(C)C3)cc1C. The Morgan fingerprint density at radius 2 is 1.96 bits per heavy atom. The average Bonchev–Trinajstić information content (AvgIpc) is 2.54. The summed E-state index contributed by atoms with van der Waals surface area (Å²) in [6.07, 6.45) is 1.05. The second-order valence-corrected chi connectivity index (χ2v) is 7.88. The summed E-state index contributed by atoms with van der Waals surface area (Å²) in [6.45, 7) is 7.97. The van der Waals surface area contributed by atoms with Gasteiger partial charge in [0.2, 0.25) is 5.88 Å². The summed E-state index contributed by atoms with van der Waals surface area (Å²) >= 11 is 0. The predicted molar refractivity (Wildman–Crippen MR) is 98.2 cm³/mol.